The first kappa shape index (κ1) is 14.9. The average Bonchev–Trinajstić information content (AvgIpc) is 3.29. The van der Waals surface area contributed by atoms with E-state index in [2.05, 4.69) is 16.1 Å². The highest BCUT2D eigenvalue weighted by molar-refractivity contribution is 7.71. The van der Waals surface area contributed by atoms with E-state index in [1.165, 1.54) is 12.8 Å². The maximum atomic E-state index is 8.81. The van der Waals surface area contributed by atoms with Crippen molar-refractivity contribution < 1.29 is 0 Å². The minimum absolute atomic E-state index is 0.541. The van der Waals surface area contributed by atoms with Crippen LogP contribution in [0.1, 0.15) is 19.3 Å². The molecule has 1 aromatic heterocycles. The molecule has 0 N–H and O–H groups in total. The second kappa shape index (κ2) is 6.86. The molecule has 114 valence electrons. The Kier molecular flexibility index (Phi) is 4.66. The van der Waals surface area contributed by atoms with E-state index in [0.29, 0.717) is 17.9 Å². The van der Waals surface area contributed by atoms with Gasteiger partial charge in [0, 0.05) is 25.2 Å². The second-order valence-corrected chi connectivity index (χ2v) is 6.05. The largest absolute Gasteiger partial charge is 0.283 e. The van der Waals surface area contributed by atoms with Gasteiger partial charge >= 0.3 is 0 Å². The predicted octanol–water partition coefficient (Wildman–Crippen LogP) is 2.99. The van der Waals surface area contributed by atoms with Crippen LogP contribution in [0, 0.1) is 22.0 Å². The van der Waals surface area contributed by atoms with Gasteiger partial charge in [-0.2, -0.15) is 10.4 Å². The van der Waals surface area contributed by atoms with Crippen LogP contribution in [0.25, 0.3) is 5.69 Å². The number of para-hydroxylation sites is 1. The first-order chi connectivity index (χ1) is 10.8. The van der Waals surface area contributed by atoms with Crippen molar-refractivity contribution in [1.29, 1.82) is 5.26 Å². The van der Waals surface area contributed by atoms with Crippen molar-refractivity contribution in [3.8, 4) is 11.8 Å². The van der Waals surface area contributed by atoms with Crippen LogP contribution in [0.4, 0.5) is 0 Å². The molecule has 1 saturated carbocycles. The lowest BCUT2D eigenvalue weighted by atomic mass is 10.3. The molecule has 0 radical (unpaired) electrons. The SMILES string of the molecule is N#CCCN(CC1CC1)Cn1ncn(-c2ccccc2)c1=S. The minimum Gasteiger partial charge on any atom is -0.283 e. The third-order valence-corrected chi connectivity index (χ3v) is 4.26. The summed E-state index contributed by atoms with van der Waals surface area (Å²) in [5.41, 5.74) is 1.02. The van der Waals surface area contributed by atoms with Gasteiger partial charge in [0.2, 0.25) is 4.77 Å². The summed E-state index contributed by atoms with van der Waals surface area (Å²) in [5.74, 6) is 0.782. The summed E-state index contributed by atoms with van der Waals surface area (Å²) in [5, 5.41) is 13.2. The van der Waals surface area contributed by atoms with E-state index in [-0.39, 0.29) is 0 Å². The van der Waals surface area contributed by atoms with E-state index in [4.69, 9.17) is 17.5 Å². The van der Waals surface area contributed by atoms with Gasteiger partial charge in [-0.3, -0.25) is 9.47 Å². The zero-order valence-corrected chi connectivity index (χ0v) is 13.2. The third-order valence-electron chi connectivity index (χ3n) is 3.85. The quantitative estimate of drug-likeness (QED) is 0.737. The summed E-state index contributed by atoms with van der Waals surface area (Å²) in [6.45, 7) is 2.45. The normalized spacial score (nSPS) is 14.2. The molecule has 0 unspecified atom stereocenters. The minimum atomic E-state index is 0.541. The number of hydrogen-bond acceptors (Lipinski definition) is 4. The number of aromatic nitrogens is 3. The fourth-order valence-electron chi connectivity index (χ4n) is 2.48. The number of hydrogen-bond donors (Lipinski definition) is 0. The highest BCUT2D eigenvalue weighted by atomic mass is 32.1. The van der Waals surface area contributed by atoms with Crippen LogP contribution < -0.4 is 0 Å². The summed E-state index contributed by atoms with van der Waals surface area (Å²) < 4.78 is 4.43. The van der Waals surface area contributed by atoms with Gasteiger partial charge in [-0.05, 0) is 43.1 Å². The molecule has 6 heteroatoms. The van der Waals surface area contributed by atoms with Gasteiger partial charge in [-0.25, -0.2) is 4.68 Å². The Balaban J connectivity index is 1.75. The summed E-state index contributed by atoms with van der Waals surface area (Å²) in [7, 11) is 0. The van der Waals surface area contributed by atoms with Crippen LogP contribution in [0.5, 0.6) is 0 Å². The van der Waals surface area contributed by atoms with Gasteiger partial charge in [-0.1, -0.05) is 18.2 Å². The van der Waals surface area contributed by atoms with Crippen molar-refractivity contribution >= 4 is 12.2 Å². The molecule has 0 amide bonds. The van der Waals surface area contributed by atoms with Crippen LogP contribution in [0.15, 0.2) is 36.7 Å². The average molecular weight is 313 g/mol. The molecule has 0 saturated heterocycles. The number of nitrogens with zero attached hydrogens (tertiary/aromatic N) is 5. The van der Waals surface area contributed by atoms with E-state index in [1.54, 1.807) is 6.33 Å². The van der Waals surface area contributed by atoms with E-state index >= 15 is 0 Å². The third kappa shape index (κ3) is 3.62. The molecule has 1 fully saturated rings. The molecule has 1 aliphatic rings. The Labute approximate surface area is 135 Å². The smallest absolute Gasteiger partial charge is 0.203 e. The lowest BCUT2D eigenvalue weighted by Crippen LogP contribution is -2.30. The van der Waals surface area contributed by atoms with Gasteiger partial charge in [0.15, 0.2) is 0 Å². The topological polar surface area (TPSA) is 49.8 Å². The first-order valence-corrected chi connectivity index (χ1v) is 7.98. The standard InChI is InChI=1S/C16H19N5S/c17-9-4-10-19(11-14-7-8-14)13-21-16(22)20(12-18-21)15-5-2-1-3-6-15/h1-3,5-6,12,14H,4,7-8,10-11,13H2. The van der Waals surface area contributed by atoms with Crippen molar-refractivity contribution in [1.82, 2.24) is 19.2 Å². The first-order valence-electron chi connectivity index (χ1n) is 7.57. The van der Waals surface area contributed by atoms with Crippen LogP contribution in [0.2, 0.25) is 0 Å². The van der Waals surface area contributed by atoms with Crippen LogP contribution in [0.3, 0.4) is 0 Å². The van der Waals surface area contributed by atoms with Crippen molar-refractivity contribution in [3.63, 3.8) is 0 Å². The Morgan fingerprint density at radius 3 is 2.77 bits per heavy atom. The maximum Gasteiger partial charge on any atom is 0.203 e. The van der Waals surface area contributed by atoms with E-state index in [0.717, 1.165) is 24.7 Å². The van der Waals surface area contributed by atoms with Gasteiger partial charge in [0.05, 0.1) is 12.7 Å². The molecule has 1 aliphatic carbocycles. The molecular formula is C16H19N5S. The fourth-order valence-corrected chi connectivity index (χ4v) is 2.74. The Hall–Kier alpha value is -1.97. The van der Waals surface area contributed by atoms with Gasteiger partial charge < -0.3 is 0 Å². The lowest BCUT2D eigenvalue weighted by Gasteiger charge is -2.20. The number of rotatable bonds is 7. The molecular weight excluding hydrogens is 294 g/mol. The van der Waals surface area contributed by atoms with Gasteiger partial charge in [0.25, 0.3) is 0 Å². The fraction of sp³-hybridized carbons (Fsp3) is 0.438. The second-order valence-electron chi connectivity index (χ2n) is 5.69. The molecule has 1 aromatic carbocycles. The number of nitriles is 1. The molecule has 0 aliphatic heterocycles. The highest BCUT2D eigenvalue weighted by Gasteiger charge is 2.24. The molecule has 5 nitrogen and oxygen atoms in total. The van der Waals surface area contributed by atoms with Crippen LogP contribution in [-0.4, -0.2) is 32.3 Å². The van der Waals surface area contributed by atoms with E-state index in [1.807, 2.05) is 39.6 Å². The van der Waals surface area contributed by atoms with Crippen molar-refractivity contribution in [2.45, 2.75) is 25.9 Å². The Morgan fingerprint density at radius 2 is 2.09 bits per heavy atom. The molecule has 22 heavy (non-hydrogen) atoms. The number of benzene rings is 1. The molecule has 1 heterocycles. The van der Waals surface area contributed by atoms with Crippen molar-refractivity contribution in [2.75, 3.05) is 13.1 Å². The van der Waals surface area contributed by atoms with Gasteiger partial charge in [0.1, 0.15) is 6.33 Å². The zero-order chi connectivity index (χ0) is 15.4. The van der Waals surface area contributed by atoms with Crippen molar-refractivity contribution in [3.05, 3.63) is 41.4 Å². The summed E-state index contributed by atoms with van der Waals surface area (Å²) >= 11 is 5.54. The summed E-state index contributed by atoms with van der Waals surface area (Å²) in [6.07, 6.45) is 4.90. The van der Waals surface area contributed by atoms with Gasteiger partial charge in [-0.15, -0.1) is 0 Å². The predicted molar refractivity (Wildman–Crippen MR) is 86.9 cm³/mol. The zero-order valence-electron chi connectivity index (χ0n) is 12.4. The molecule has 3 rings (SSSR count). The van der Waals surface area contributed by atoms with Crippen molar-refractivity contribution in [2.24, 2.45) is 5.92 Å². The maximum absolute atomic E-state index is 8.81. The Bertz CT molecular complexity index is 708. The molecule has 0 spiro atoms. The van der Waals surface area contributed by atoms with E-state index < -0.39 is 0 Å². The Morgan fingerprint density at radius 1 is 1.32 bits per heavy atom. The molecule has 0 bridgehead atoms. The molecule has 0 atom stereocenters. The molecule has 2 aromatic rings. The summed E-state index contributed by atoms with van der Waals surface area (Å²) in [4.78, 5) is 2.28. The lowest BCUT2D eigenvalue weighted by molar-refractivity contribution is 0.201. The van der Waals surface area contributed by atoms with Crippen LogP contribution in [-0.2, 0) is 6.67 Å². The van der Waals surface area contributed by atoms with E-state index in [9.17, 15) is 0 Å². The summed E-state index contributed by atoms with van der Waals surface area (Å²) in [6, 6.07) is 12.2. The highest BCUT2D eigenvalue weighted by Crippen LogP contribution is 2.29. The monoisotopic (exact) mass is 313 g/mol. The van der Waals surface area contributed by atoms with Crippen LogP contribution >= 0.6 is 12.2 Å².